The topological polar surface area (TPSA) is 49.8 Å². The van der Waals surface area contributed by atoms with Crippen molar-refractivity contribution >= 4 is 11.8 Å². The molecule has 1 aliphatic rings. The van der Waals surface area contributed by atoms with Crippen molar-refractivity contribution in [3.05, 3.63) is 11.8 Å². The van der Waals surface area contributed by atoms with Crippen molar-refractivity contribution < 1.29 is 0 Å². The van der Waals surface area contributed by atoms with Crippen molar-refractivity contribution in [1.29, 1.82) is 0 Å². The smallest absolute Gasteiger partial charge is 0.224 e. The second-order valence-electron chi connectivity index (χ2n) is 5.18. The average molecular weight is 248 g/mol. The number of hydrogen-bond acceptors (Lipinski definition) is 4. The van der Waals surface area contributed by atoms with Crippen LogP contribution >= 0.6 is 0 Å². The van der Waals surface area contributed by atoms with E-state index < -0.39 is 0 Å². The Morgan fingerprint density at radius 1 is 1.33 bits per heavy atom. The Labute approximate surface area is 110 Å². The Morgan fingerprint density at radius 3 is 2.72 bits per heavy atom. The fourth-order valence-electron chi connectivity index (χ4n) is 2.17. The molecule has 1 unspecified atom stereocenters. The zero-order valence-electron chi connectivity index (χ0n) is 11.7. The van der Waals surface area contributed by atoms with Crippen LogP contribution in [0.2, 0.25) is 0 Å². The van der Waals surface area contributed by atoms with E-state index in [1.807, 2.05) is 13.0 Å². The Morgan fingerprint density at radius 2 is 2.11 bits per heavy atom. The Kier molecular flexibility index (Phi) is 4.39. The maximum Gasteiger partial charge on any atom is 0.224 e. The molecule has 4 nitrogen and oxygen atoms in total. The summed E-state index contributed by atoms with van der Waals surface area (Å²) in [5.74, 6) is 2.62. The molecule has 2 N–H and O–H groups in total. The van der Waals surface area contributed by atoms with E-state index in [0.717, 1.165) is 36.3 Å². The van der Waals surface area contributed by atoms with Gasteiger partial charge in [0.1, 0.15) is 5.82 Å². The van der Waals surface area contributed by atoms with Crippen molar-refractivity contribution in [2.45, 2.75) is 52.5 Å². The van der Waals surface area contributed by atoms with Crippen molar-refractivity contribution in [1.82, 2.24) is 9.97 Å². The van der Waals surface area contributed by atoms with Gasteiger partial charge in [-0.2, -0.15) is 4.98 Å². The lowest BCUT2D eigenvalue weighted by Gasteiger charge is -2.18. The summed E-state index contributed by atoms with van der Waals surface area (Å²) < 4.78 is 0. The zero-order valence-corrected chi connectivity index (χ0v) is 11.7. The van der Waals surface area contributed by atoms with Gasteiger partial charge in [0.2, 0.25) is 5.95 Å². The molecule has 0 aromatic carbocycles. The van der Waals surface area contributed by atoms with Gasteiger partial charge in [-0.1, -0.05) is 19.8 Å². The first-order valence-electron chi connectivity index (χ1n) is 7.07. The predicted octanol–water partition coefficient (Wildman–Crippen LogP) is 3.21. The van der Waals surface area contributed by atoms with E-state index in [4.69, 9.17) is 0 Å². The van der Waals surface area contributed by atoms with Crippen LogP contribution in [0.15, 0.2) is 6.07 Å². The molecule has 0 amide bonds. The molecular weight excluding hydrogens is 224 g/mol. The molecule has 4 heteroatoms. The van der Waals surface area contributed by atoms with Gasteiger partial charge in [-0.3, -0.25) is 0 Å². The summed E-state index contributed by atoms with van der Waals surface area (Å²) in [6.45, 7) is 7.15. The van der Waals surface area contributed by atoms with Gasteiger partial charge in [0.05, 0.1) is 0 Å². The van der Waals surface area contributed by atoms with Gasteiger partial charge in [-0.05, 0) is 32.6 Å². The quantitative estimate of drug-likeness (QED) is 0.778. The lowest BCUT2D eigenvalue weighted by molar-refractivity contribution is 0.585. The average Bonchev–Trinajstić information content (AvgIpc) is 3.12. The van der Waals surface area contributed by atoms with Crippen LogP contribution in [0, 0.1) is 12.8 Å². The lowest BCUT2D eigenvalue weighted by atomic mass is 10.1. The lowest BCUT2D eigenvalue weighted by Crippen LogP contribution is -2.20. The summed E-state index contributed by atoms with van der Waals surface area (Å²) >= 11 is 0. The molecule has 0 spiro atoms. The molecule has 0 bridgehead atoms. The minimum atomic E-state index is 0.543. The van der Waals surface area contributed by atoms with Gasteiger partial charge in [0.25, 0.3) is 0 Å². The van der Waals surface area contributed by atoms with Crippen molar-refractivity contribution in [3.8, 4) is 0 Å². The molecule has 0 aliphatic heterocycles. The van der Waals surface area contributed by atoms with Gasteiger partial charge in [0.15, 0.2) is 0 Å². The van der Waals surface area contributed by atoms with Crippen molar-refractivity contribution in [2.24, 2.45) is 5.92 Å². The maximum atomic E-state index is 4.51. The highest BCUT2D eigenvalue weighted by Gasteiger charge is 2.24. The van der Waals surface area contributed by atoms with Crippen LogP contribution in [0.4, 0.5) is 11.8 Å². The SMILES string of the molecule is CCNc1nc(C)cc(NC(CC)CC2CC2)n1. The van der Waals surface area contributed by atoms with Crippen LogP contribution < -0.4 is 10.6 Å². The fraction of sp³-hybridized carbons (Fsp3) is 0.714. The van der Waals surface area contributed by atoms with E-state index in [2.05, 4.69) is 34.4 Å². The van der Waals surface area contributed by atoms with Crippen LogP contribution in [-0.4, -0.2) is 22.6 Å². The van der Waals surface area contributed by atoms with Gasteiger partial charge in [0, 0.05) is 24.3 Å². The van der Waals surface area contributed by atoms with Gasteiger partial charge < -0.3 is 10.6 Å². The molecule has 1 aromatic rings. The van der Waals surface area contributed by atoms with Gasteiger partial charge >= 0.3 is 0 Å². The molecule has 1 fully saturated rings. The number of aromatic nitrogens is 2. The highest BCUT2D eigenvalue weighted by Crippen LogP contribution is 2.34. The van der Waals surface area contributed by atoms with Crippen molar-refractivity contribution in [3.63, 3.8) is 0 Å². The normalized spacial score (nSPS) is 16.4. The number of rotatable bonds is 7. The van der Waals surface area contributed by atoms with Gasteiger partial charge in [-0.25, -0.2) is 4.98 Å². The van der Waals surface area contributed by atoms with Crippen LogP contribution in [0.1, 0.15) is 45.2 Å². The van der Waals surface area contributed by atoms with E-state index in [0.29, 0.717) is 6.04 Å². The van der Waals surface area contributed by atoms with E-state index in [9.17, 15) is 0 Å². The Balaban J connectivity index is 2.01. The molecule has 1 aliphatic carbocycles. The first-order chi connectivity index (χ1) is 8.71. The summed E-state index contributed by atoms with van der Waals surface area (Å²) in [5.41, 5.74) is 1.00. The monoisotopic (exact) mass is 248 g/mol. The first-order valence-corrected chi connectivity index (χ1v) is 7.07. The fourth-order valence-corrected chi connectivity index (χ4v) is 2.17. The second kappa shape index (κ2) is 6.03. The highest BCUT2D eigenvalue weighted by molar-refractivity contribution is 5.42. The van der Waals surface area contributed by atoms with E-state index in [1.54, 1.807) is 0 Å². The minimum Gasteiger partial charge on any atom is -0.367 e. The molecular formula is C14H24N4. The molecule has 1 atom stereocenters. The van der Waals surface area contributed by atoms with Crippen LogP contribution in [0.25, 0.3) is 0 Å². The molecule has 1 saturated carbocycles. The predicted molar refractivity (Wildman–Crippen MR) is 76.0 cm³/mol. The largest absolute Gasteiger partial charge is 0.367 e. The molecule has 2 rings (SSSR count). The van der Waals surface area contributed by atoms with E-state index in [-0.39, 0.29) is 0 Å². The molecule has 100 valence electrons. The summed E-state index contributed by atoms with van der Waals surface area (Å²) in [6, 6.07) is 2.57. The van der Waals surface area contributed by atoms with E-state index >= 15 is 0 Å². The number of nitrogens with zero attached hydrogens (tertiary/aromatic N) is 2. The van der Waals surface area contributed by atoms with Crippen LogP contribution in [0.5, 0.6) is 0 Å². The number of aryl methyl sites for hydroxylation is 1. The third kappa shape index (κ3) is 3.86. The summed E-state index contributed by atoms with van der Waals surface area (Å²) in [6.07, 6.45) is 5.24. The van der Waals surface area contributed by atoms with E-state index in [1.165, 1.54) is 19.3 Å². The minimum absolute atomic E-state index is 0.543. The molecule has 1 heterocycles. The van der Waals surface area contributed by atoms with Crippen LogP contribution in [0.3, 0.4) is 0 Å². The Hall–Kier alpha value is -1.32. The number of anilines is 2. The van der Waals surface area contributed by atoms with Crippen molar-refractivity contribution in [2.75, 3.05) is 17.2 Å². The number of nitrogens with one attached hydrogen (secondary N) is 2. The van der Waals surface area contributed by atoms with Crippen LogP contribution in [-0.2, 0) is 0 Å². The Bertz CT molecular complexity index is 387. The summed E-state index contributed by atoms with van der Waals surface area (Å²) in [5, 5.41) is 6.72. The summed E-state index contributed by atoms with van der Waals surface area (Å²) in [4.78, 5) is 8.87. The maximum absolute atomic E-state index is 4.51. The molecule has 0 radical (unpaired) electrons. The molecule has 0 saturated heterocycles. The first kappa shape index (κ1) is 13.1. The standard InChI is InChI=1S/C14H24N4/c1-4-12(9-11-6-7-11)17-13-8-10(3)16-14(18-13)15-5-2/h8,11-12H,4-7,9H2,1-3H3,(H2,15,16,17,18). The zero-order chi connectivity index (χ0) is 13.0. The summed E-state index contributed by atoms with van der Waals surface area (Å²) in [7, 11) is 0. The number of hydrogen-bond donors (Lipinski definition) is 2. The third-order valence-corrected chi connectivity index (χ3v) is 3.35. The van der Waals surface area contributed by atoms with Gasteiger partial charge in [-0.15, -0.1) is 0 Å². The highest BCUT2D eigenvalue weighted by atomic mass is 15.1. The second-order valence-corrected chi connectivity index (χ2v) is 5.18. The molecule has 18 heavy (non-hydrogen) atoms. The molecule has 1 aromatic heterocycles. The third-order valence-electron chi connectivity index (χ3n) is 3.35.